The average molecular weight is 244 g/mol. The molecule has 2 aromatic rings. The van der Waals surface area contributed by atoms with Crippen LogP contribution in [-0.2, 0) is 0 Å². The Bertz CT molecular complexity index is 497. The molecule has 2 rings (SSSR count). The summed E-state index contributed by atoms with van der Waals surface area (Å²) in [5.41, 5.74) is 7.31. The van der Waals surface area contributed by atoms with Gasteiger partial charge in [0.2, 0.25) is 0 Å². The second-order valence-electron chi connectivity index (χ2n) is 3.46. The van der Waals surface area contributed by atoms with Crippen molar-refractivity contribution < 1.29 is 4.79 Å². The van der Waals surface area contributed by atoms with E-state index in [4.69, 9.17) is 5.73 Å². The van der Waals surface area contributed by atoms with E-state index < -0.39 is 6.03 Å². The number of carbonyl (C=O) groups is 1. The van der Waals surface area contributed by atoms with Crippen LogP contribution in [0, 0.1) is 0 Å². The van der Waals surface area contributed by atoms with Gasteiger partial charge in [0.25, 0.3) is 0 Å². The smallest absolute Gasteiger partial charge is 0.322 e. The van der Waals surface area contributed by atoms with Gasteiger partial charge in [-0.25, -0.2) is 4.79 Å². The van der Waals surface area contributed by atoms with Crippen LogP contribution in [0.5, 0.6) is 0 Å². The number of carbonyl (C=O) groups excluding carboxylic acids is 1. The maximum atomic E-state index is 10.6. The highest BCUT2D eigenvalue weighted by atomic mass is 32.2. The van der Waals surface area contributed by atoms with Gasteiger partial charge in [0.1, 0.15) is 0 Å². The minimum Gasteiger partial charge on any atom is -0.351 e. The number of nitrogens with two attached hydrogens (primary N) is 1. The number of hydrogen-bond donors (Lipinski definition) is 2. The molecule has 0 spiro atoms. The van der Waals surface area contributed by atoms with Gasteiger partial charge in [0.15, 0.2) is 0 Å². The van der Waals surface area contributed by atoms with Crippen molar-refractivity contribution in [3.05, 3.63) is 54.6 Å². The number of hydrogen-bond acceptors (Lipinski definition) is 2. The van der Waals surface area contributed by atoms with E-state index in [2.05, 4.69) is 16.9 Å². The van der Waals surface area contributed by atoms with E-state index in [-0.39, 0.29) is 0 Å². The highest BCUT2D eigenvalue weighted by Gasteiger charge is 1.99. The topological polar surface area (TPSA) is 55.1 Å². The number of rotatable bonds is 3. The van der Waals surface area contributed by atoms with Gasteiger partial charge in [-0.1, -0.05) is 42.5 Å². The van der Waals surface area contributed by atoms with Crippen molar-refractivity contribution in [2.24, 2.45) is 5.73 Å². The molecule has 2 amide bonds. The van der Waals surface area contributed by atoms with Gasteiger partial charge in [-0.05, 0) is 35.2 Å². The summed E-state index contributed by atoms with van der Waals surface area (Å²) in [7, 11) is 0. The van der Waals surface area contributed by atoms with Crippen LogP contribution in [-0.4, -0.2) is 6.03 Å². The molecule has 0 bridgehead atoms. The summed E-state index contributed by atoms with van der Waals surface area (Å²) in [5, 5.41) is 0. The summed E-state index contributed by atoms with van der Waals surface area (Å²) in [6.07, 6.45) is 0. The van der Waals surface area contributed by atoms with Gasteiger partial charge in [-0.2, -0.15) is 0 Å². The van der Waals surface area contributed by atoms with Crippen molar-refractivity contribution in [1.29, 1.82) is 0 Å². The monoisotopic (exact) mass is 244 g/mol. The molecule has 4 heteroatoms. The number of amides is 2. The van der Waals surface area contributed by atoms with E-state index in [9.17, 15) is 4.79 Å². The van der Waals surface area contributed by atoms with E-state index in [1.54, 1.807) is 0 Å². The summed E-state index contributed by atoms with van der Waals surface area (Å²) in [4.78, 5) is 11.5. The number of urea groups is 1. The fourth-order valence-electron chi connectivity index (χ4n) is 1.46. The SMILES string of the molecule is NC(=O)NSc1ccc(-c2ccccc2)cc1. The minimum atomic E-state index is -0.540. The molecule has 3 N–H and O–H groups in total. The Morgan fingerprint density at radius 1 is 0.941 bits per heavy atom. The molecule has 0 saturated carbocycles. The molecule has 0 radical (unpaired) electrons. The van der Waals surface area contributed by atoms with Crippen molar-refractivity contribution in [2.45, 2.75) is 4.90 Å². The Labute approximate surface area is 104 Å². The summed E-state index contributed by atoms with van der Waals surface area (Å²) < 4.78 is 2.48. The Kier molecular flexibility index (Phi) is 3.67. The first kappa shape index (κ1) is 11.5. The minimum absolute atomic E-state index is 0.540. The molecule has 0 heterocycles. The second-order valence-corrected chi connectivity index (χ2v) is 4.34. The molecule has 0 atom stereocenters. The highest BCUT2D eigenvalue weighted by molar-refractivity contribution is 7.98. The van der Waals surface area contributed by atoms with Crippen LogP contribution in [0.3, 0.4) is 0 Å². The summed E-state index contributed by atoms with van der Waals surface area (Å²) in [5.74, 6) is 0. The number of benzene rings is 2. The first-order valence-electron chi connectivity index (χ1n) is 5.13. The van der Waals surface area contributed by atoms with Crippen LogP contribution in [0.1, 0.15) is 0 Å². The normalized spacial score (nSPS) is 9.88. The summed E-state index contributed by atoms with van der Waals surface area (Å²) >= 11 is 1.21. The Balaban J connectivity index is 2.11. The van der Waals surface area contributed by atoms with Crippen LogP contribution in [0.4, 0.5) is 4.79 Å². The third kappa shape index (κ3) is 3.26. The zero-order chi connectivity index (χ0) is 12.1. The lowest BCUT2D eigenvalue weighted by Gasteiger charge is -2.04. The lowest BCUT2D eigenvalue weighted by Crippen LogP contribution is -2.22. The fraction of sp³-hybridized carbons (Fsp3) is 0. The molecule has 0 aliphatic rings. The van der Waals surface area contributed by atoms with Crippen LogP contribution in [0.25, 0.3) is 11.1 Å². The number of primary amides is 1. The van der Waals surface area contributed by atoms with Gasteiger partial charge in [-0.3, -0.25) is 4.72 Å². The molecule has 0 aliphatic carbocycles. The first-order valence-corrected chi connectivity index (χ1v) is 5.95. The predicted molar refractivity (Wildman–Crippen MR) is 70.5 cm³/mol. The van der Waals surface area contributed by atoms with Crippen molar-refractivity contribution in [2.75, 3.05) is 0 Å². The van der Waals surface area contributed by atoms with Gasteiger partial charge >= 0.3 is 6.03 Å². The predicted octanol–water partition coefficient (Wildman–Crippen LogP) is 3.03. The van der Waals surface area contributed by atoms with Gasteiger partial charge in [-0.15, -0.1) is 0 Å². The molecule has 17 heavy (non-hydrogen) atoms. The molecule has 86 valence electrons. The van der Waals surface area contributed by atoms with Crippen molar-refractivity contribution in [1.82, 2.24) is 4.72 Å². The third-order valence-corrected chi connectivity index (χ3v) is 3.04. The van der Waals surface area contributed by atoms with Crippen LogP contribution >= 0.6 is 11.9 Å². The standard InChI is InChI=1S/C13H12N2OS/c14-13(16)15-17-12-8-6-11(7-9-12)10-4-2-1-3-5-10/h1-9H,(H3,14,15,16). The second kappa shape index (κ2) is 5.41. The molecule has 0 unspecified atom stereocenters. The lowest BCUT2D eigenvalue weighted by molar-refractivity contribution is 0.254. The molecular formula is C13H12N2OS. The zero-order valence-electron chi connectivity index (χ0n) is 9.09. The largest absolute Gasteiger partial charge is 0.351 e. The summed E-state index contributed by atoms with van der Waals surface area (Å²) in [6.45, 7) is 0. The average Bonchev–Trinajstić information content (AvgIpc) is 2.38. The molecule has 0 saturated heterocycles. The summed E-state index contributed by atoms with van der Waals surface area (Å²) in [6, 6.07) is 17.5. The van der Waals surface area contributed by atoms with E-state index >= 15 is 0 Å². The molecule has 3 nitrogen and oxygen atoms in total. The van der Waals surface area contributed by atoms with E-state index in [0.717, 1.165) is 10.5 Å². The quantitative estimate of drug-likeness (QED) is 0.815. The van der Waals surface area contributed by atoms with Crippen LogP contribution in [0.15, 0.2) is 59.5 Å². The zero-order valence-corrected chi connectivity index (χ0v) is 9.91. The maximum Gasteiger partial charge on any atom is 0.322 e. The first-order chi connectivity index (χ1) is 8.25. The Morgan fingerprint density at radius 2 is 1.53 bits per heavy atom. The highest BCUT2D eigenvalue weighted by Crippen LogP contribution is 2.22. The van der Waals surface area contributed by atoms with Crippen molar-refractivity contribution >= 4 is 18.0 Å². The fourth-order valence-corrected chi connectivity index (χ4v) is 1.95. The lowest BCUT2D eigenvalue weighted by atomic mass is 10.1. The Hall–Kier alpha value is -1.94. The molecule has 0 aromatic heterocycles. The van der Waals surface area contributed by atoms with Crippen LogP contribution in [0.2, 0.25) is 0 Å². The van der Waals surface area contributed by atoms with Crippen molar-refractivity contribution in [3.8, 4) is 11.1 Å². The van der Waals surface area contributed by atoms with Gasteiger partial charge in [0.05, 0.1) is 0 Å². The molecular weight excluding hydrogens is 232 g/mol. The van der Waals surface area contributed by atoms with E-state index in [1.165, 1.54) is 17.5 Å². The van der Waals surface area contributed by atoms with E-state index in [1.807, 2.05) is 42.5 Å². The van der Waals surface area contributed by atoms with Crippen molar-refractivity contribution in [3.63, 3.8) is 0 Å². The van der Waals surface area contributed by atoms with Gasteiger partial charge in [0, 0.05) is 4.90 Å². The van der Waals surface area contributed by atoms with Gasteiger partial charge < -0.3 is 5.73 Å². The van der Waals surface area contributed by atoms with Crippen LogP contribution < -0.4 is 10.5 Å². The molecule has 0 aliphatic heterocycles. The third-order valence-electron chi connectivity index (χ3n) is 2.23. The maximum absolute atomic E-state index is 10.6. The Morgan fingerprint density at radius 3 is 2.12 bits per heavy atom. The van der Waals surface area contributed by atoms with E-state index in [0.29, 0.717) is 0 Å². The molecule has 2 aromatic carbocycles. The number of nitrogens with one attached hydrogen (secondary N) is 1. The molecule has 0 fully saturated rings.